The summed E-state index contributed by atoms with van der Waals surface area (Å²) in [5, 5.41) is 20.6. The first-order chi connectivity index (χ1) is 17.1. The highest BCUT2D eigenvalue weighted by Gasteiger charge is 2.25. The summed E-state index contributed by atoms with van der Waals surface area (Å²) in [6.07, 6.45) is 4.11. The summed E-state index contributed by atoms with van der Waals surface area (Å²) in [6, 6.07) is 5.68. The maximum Gasteiger partial charge on any atom is 0.406 e. The first-order valence-electron chi connectivity index (χ1n) is 10.8. The van der Waals surface area contributed by atoms with E-state index in [9.17, 15) is 14.5 Å². The van der Waals surface area contributed by atoms with Gasteiger partial charge in [-0.25, -0.2) is 4.39 Å². The Morgan fingerprint density at radius 1 is 1.31 bits per heavy atom. The summed E-state index contributed by atoms with van der Waals surface area (Å²) >= 11 is 9.62. The van der Waals surface area contributed by atoms with Crippen LogP contribution in [0.5, 0.6) is 5.75 Å². The van der Waals surface area contributed by atoms with Crippen LogP contribution in [-0.4, -0.2) is 29.5 Å². The summed E-state index contributed by atoms with van der Waals surface area (Å²) in [6.45, 7) is 8.47. The number of halogens is 3. The molecule has 0 aliphatic rings. The van der Waals surface area contributed by atoms with Crippen LogP contribution in [0.2, 0.25) is 5.15 Å². The van der Waals surface area contributed by atoms with Crippen molar-refractivity contribution in [2.45, 2.75) is 26.5 Å². The van der Waals surface area contributed by atoms with Crippen molar-refractivity contribution in [1.82, 2.24) is 24.5 Å². The van der Waals surface area contributed by atoms with E-state index in [1.165, 1.54) is 24.4 Å². The number of rotatable bonds is 8. The molecule has 0 saturated carbocycles. The minimum atomic E-state index is -0.792. The molecule has 4 aromatic rings. The second-order valence-corrected chi connectivity index (χ2v) is 9.23. The molecule has 1 atom stereocenters. The van der Waals surface area contributed by atoms with E-state index in [4.69, 9.17) is 16.3 Å². The van der Waals surface area contributed by atoms with E-state index >= 15 is 0 Å². The average Bonchev–Trinajstić information content (AvgIpc) is 3.40. The quantitative estimate of drug-likeness (QED) is 0.179. The van der Waals surface area contributed by atoms with Crippen LogP contribution >= 0.6 is 27.5 Å². The number of nitrogens with zero attached hydrogens (tertiary/aromatic N) is 6. The van der Waals surface area contributed by atoms with Gasteiger partial charge in [0.2, 0.25) is 5.75 Å². The Bertz CT molecular complexity index is 1480. The summed E-state index contributed by atoms with van der Waals surface area (Å²) in [7, 11) is 1.76. The van der Waals surface area contributed by atoms with Crippen molar-refractivity contribution in [1.29, 1.82) is 0 Å². The molecule has 12 heteroatoms. The maximum absolute atomic E-state index is 14.4. The highest BCUT2D eigenvalue weighted by molar-refractivity contribution is 9.10. The lowest BCUT2D eigenvalue weighted by Crippen LogP contribution is -2.08. The molecule has 4 rings (SSSR count). The lowest BCUT2D eigenvalue weighted by molar-refractivity contribution is -0.390. The molecule has 0 N–H and O–H groups in total. The van der Waals surface area contributed by atoms with Crippen LogP contribution in [0.4, 0.5) is 10.2 Å². The molecule has 0 aliphatic heterocycles. The molecule has 0 spiro atoms. The Labute approximate surface area is 219 Å². The SMILES string of the molecule is C=C(c1cn(CC)nc1Cl)c1cn(C)nc1-c1ccc(F)cc1[C@@H](C)Oc1cc(Br)cnc1[N+](=O)[O-]. The van der Waals surface area contributed by atoms with Crippen LogP contribution in [-0.2, 0) is 13.6 Å². The molecule has 0 amide bonds. The third-order valence-corrected chi connectivity index (χ3v) is 6.22. The van der Waals surface area contributed by atoms with E-state index in [2.05, 4.69) is 37.7 Å². The normalized spacial score (nSPS) is 11.9. The van der Waals surface area contributed by atoms with Gasteiger partial charge in [-0.1, -0.05) is 18.2 Å². The standard InChI is InChI=1S/C24H21BrClFN6O3/c1-5-32-12-20(23(26)30-32)13(2)19-11-31(4)29-22(19)17-7-6-16(27)9-18(17)14(3)36-21-8-15(25)10-28-24(21)33(34)35/h6-12,14H,2,5H2,1,3-4H3/t14-/m1/s1. The molecule has 0 saturated heterocycles. The van der Waals surface area contributed by atoms with Crippen molar-refractivity contribution in [3.8, 4) is 17.0 Å². The molecule has 3 aromatic heterocycles. The maximum atomic E-state index is 14.4. The Kier molecular flexibility index (Phi) is 7.23. The topological polar surface area (TPSA) is 101 Å². The lowest BCUT2D eigenvalue weighted by atomic mass is 9.94. The largest absolute Gasteiger partial charge is 0.478 e. The highest BCUT2D eigenvalue weighted by Crippen LogP contribution is 2.39. The van der Waals surface area contributed by atoms with Crippen molar-refractivity contribution in [2.24, 2.45) is 7.05 Å². The van der Waals surface area contributed by atoms with Crippen molar-refractivity contribution < 1.29 is 14.1 Å². The number of hydrogen-bond donors (Lipinski definition) is 0. The summed E-state index contributed by atoms with van der Waals surface area (Å²) in [5.74, 6) is -0.992. The molecule has 0 bridgehead atoms. The van der Waals surface area contributed by atoms with Gasteiger partial charge in [-0.3, -0.25) is 9.36 Å². The van der Waals surface area contributed by atoms with Crippen LogP contribution in [0.1, 0.15) is 36.6 Å². The zero-order valence-electron chi connectivity index (χ0n) is 19.6. The van der Waals surface area contributed by atoms with Crippen molar-refractivity contribution >= 4 is 38.9 Å². The zero-order chi connectivity index (χ0) is 26.1. The number of aromatic nitrogens is 5. The Morgan fingerprint density at radius 3 is 2.72 bits per heavy atom. The van der Waals surface area contributed by atoms with Crippen LogP contribution in [0.3, 0.4) is 0 Å². The van der Waals surface area contributed by atoms with E-state index in [1.54, 1.807) is 41.8 Å². The van der Waals surface area contributed by atoms with Crippen LogP contribution in [0, 0.1) is 15.9 Å². The van der Waals surface area contributed by atoms with E-state index in [-0.39, 0.29) is 5.75 Å². The molecule has 0 unspecified atom stereocenters. The predicted octanol–water partition coefficient (Wildman–Crippen LogP) is 6.36. The Balaban J connectivity index is 1.79. The van der Waals surface area contributed by atoms with E-state index in [0.29, 0.717) is 49.7 Å². The van der Waals surface area contributed by atoms with Crippen molar-refractivity contribution in [3.05, 3.63) is 91.7 Å². The van der Waals surface area contributed by atoms with Gasteiger partial charge in [0.15, 0.2) is 11.3 Å². The third-order valence-electron chi connectivity index (χ3n) is 5.50. The van der Waals surface area contributed by atoms with Gasteiger partial charge in [0.1, 0.15) is 17.6 Å². The molecular weight excluding hydrogens is 555 g/mol. The fourth-order valence-electron chi connectivity index (χ4n) is 3.79. The Morgan fingerprint density at radius 2 is 2.06 bits per heavy atom. The minimum absolute atomic E-state index is 0.0542. The van der Waals surface area contributed by atoms with Gasteiger partial charge in [0, 0.05) is 54.3 Å². The first-order valence-corrected chi connectivity index (χ1v) is 12.0. The summed E-state index contributed by atoms with van der Waals surface area (Å²) < 4.78 is 24.2. The second-order valence-electron chi connectivity index (χ2n) is 7.96. The monoisotopic (exact) mass is 574 g/mol. The summed E-state index contributed by atoms with van der Waals surface area (Å²) in [5.41, 5.74) is 3.45. The summed E-state index contributed by atoms with van der Waals surface area (Å²) in [4.78, 5) is 14.6. The van der Waals surface area contributed by atoms with Gasteiger partial charge >= 0.3 is 5.82 Å². The van der Waals surface area contributed by atoms with Crippen LogP contribution in [0.25, 0.3) is 16.8 Å². The number of ether oxygens (including phenoxy) is 1. The highest BCUT2D eigenvalue weighted by atomic mass is 79.9. The smallest absolute Gasteiger partial charge is 0.406 e. The lowest BCUT2D eigenvalue weighted by Gasteiger charge is -2.18. The molecule has 0 radical (unpaired) electrons. The first kappa shape index (κ1) is 25.5. The van der Waals surface area contributed by atoms with Crippen molar-refractivity contribution in [2.75, 3.05) is 0 Å². The Hall–Kier alpha value is -3.57. The molecule has 9 nitrogen and oxygen atoms in total. The molecular formula is C24H21BrClFN6O3. The number of pyridine rings is 1. The fourth-order valence-corrected chi connectivity index (χ4v) is 4.36. The van der Waals surface area contributed by atoms with E-state index < -0.39 is 22.7 Å². The molecule has 36 heavy (non-hydrogen) atoms. The zero-order valence-corrected chi connectivity index (χ0v) is 21.9. The number of aryl methyl sites for hydroxylation is 2. The molecule has 1 aromatic carbocycles. The van der Waals surface area contributed by atoms with Gasteiger partial charge in [0.25, 0.3) is 0 Å². The number of benzene rings is 1. The fraction of sp³-hybridized carbons (Fsp3) is 0.208. The molecule has 186 valence electrons. The average molecular weight is 576 g/mol. The molecule has 0 aliphatic carbocycles. The number of hydrogen-bond acceptors (Lipinski definition) is 6. The number of nitro groups is 1. The van der Waals surface area contributed by atoms with Crippen LogP contribution in [0.15, 0.2) is 53.9 Å². The van der Waals surface area contributed by atoms with Gasteiger partial charge in [-0.05, 0) is 63.5 Å². The molecule has 3 heterocycles. The van der Waals surface area contributed by atoms with Gasteiger partial charge in [-0.2, -0.15) is 10.2 Å². The van der Waals surface area contributed by atoms with E-state index in [1.807, 2.05) is 6.92 Å². The predicted molar refractivity (Wildman–Crippen MR) is 137 cm³/mol. The minimum Gasteiger partial charge on any atom is -0.478 e. The van der Waals surface area contributed by atoms with Crippen LogP contribution < -0.4 is 4.74 Å². The van der Waals surface area contributed by atoms with Gasteiger partial charge in [0.05, 0.1) is 4.47 Å². The third kappa shape index (κ3) is 5.02. The van der Waals surface area contributed by atoms with Gasteiger partial charge < -0.3 is 14.9 Å². The van der Waals surface area contributed by atoms with Crippen molar-refractivity contribution in [3.63, 3.8) is 0 Å². The molecule has 0 fully saturated rings. The second kappa shape index (κ2) is 10.2. The van der Waals surface area contributed by atoms with E-state index in [0.717, 1.165) is 0 Å². The van der Waals surface area contributed by atoms with Gasteiger partial charge in [-0.15, -0.1) is 0 Å².